The third-order valence-corrected chi connectivity index (χ3v) is 6.49. The molecule has 0 heterocycles. The summed E-state index contributed by atoms with van der Waals surface area (Å²) in [5.41, 5.74) is 0.431. The Morgan fingerprint density at radius 2 is 1.76 bits per heavy atom. The van der Waals surface area contributed by atoms with Crippen LogP contribution >= 0.6 is 68.2 Å². The van der Waals surface area contributed by atoms with E-state index in [0.717, 1.165) is 19.3 Å². The standard InChI is InChI=1S/C16H20I3NO5/c1-2-3-4-5-6-7-11(25-19)20-10-8-9(15(21)22)13(17)12(14(10)18)16(23)24/h8,11,20H,2-7H2,1H3,(H,21,22)(H,23,24). The second-order valence-corrected chi connectivity index (χ2v) is 8.18. The second-order valence-electron chi connectivity index (χ2n) is 5.51. The maximum atomic E-state index is 11.5. The number of hydrogen-bond acceptors (Lipinski definition) is 4. The summed E-state index contributed by atoms with van der Waals surface area (Å²) >= 11 is 5.50. The highest BCUT2D eigenvalue weighted by molar-refractivity contribution is 14.1. The van der Waals surface area contributed by atoms with Gasteiger partial charge < -0.3 is 15.5 Å². The van der Waals surface area contributed by atoms with Crippen molar-refractivity contribution < 1.29 is 22.9 Å². The Labute approximate surface area is 188 Å². The minimum Gasteiger partial charge on any atom is -0.478 e. The smallest absolute Gasteiger partial charge is 0.337 e. The molecule has 1 rings (SSSR count). The van der Waals surface area contributed by atoms with Crippen molar-refractivity contribution in [2.24, 2.45) is 0 Å². The van der Waals surface area contributed by atoms with Crippen molar-refractivity contribution in [1.82, 2.24) is 0 Å². The Kier molecular flexibility index (Phi) is 10.9. The van der Waals surface area contributed by atoms with Gasteiger partial charge in [0.1, 0.15) is 29.2 Å². The highest BCUT2D eigenvalue weighted by Crippen LogP contribution is 2.31. The number of carboxylic acid groups (broad SMARTS) is 2. The van der Waals surface area contributed by atoms with Crippen LogP contribution in [0.1, 0.15) is 66.2 Å². The molecule has 0 amide bonds. The fourth-order valence-corrected chi connectivity index (χ4v) is 4.93. The number of aromatic carboxylic acids is 2. The third kappa shape index (κ3) is 6.97. The van der Waals surface area contributed by atoms with Crippen molar-refractivity contribution >= 4 is 85.8 Å². The Hall–Kier alpha value is 0.110. The summed E-state index contributed by atoms with van der Waals surface area (Å²) in [6, 6.07) is 1.47. The summed E-state index contributed by atoms with van der Waals surface area (Å²) in [4.78, 5) is 23.0. The van der Waals surface area contributed by atoms with Crippen molar-refractivity contribution in [3.8, 4) is 0 Å². The number of carboxylic acids is 2. The van der Waals surface area contributed by atoms with Crippen molar-refractivity contribution in [2.45, 2.75) is 51.7 Å². The summed E-state index contributed by atoms with van der Waals surface area (Å²) in [5.74, 6) is -2.30. The molecule has 0 radical (unpaired) electrons. The minimum absolute atomic E-state index is 0.00115. The maximum absolute atomic E-state index is 11.5. The number of halogens is 3. The van der Waals surface area contributed by atoms with E-state index in [1.54, 1.807) is 22.6 Å². The molecule has 25 heavy (non-hydrogen) atoms. The van der Waals surface area contributed by atoms with Gasteiger partial charge in [0.2, 0.25) is 0 Å². The molecule has 0 saturated heterocycles. The molecular formula is C16H20I3NO5. The maximum Gasteiger partial charge on any atom is 0.337 e. The lowest BCUT2D eigenvalue weighted by atomic mass is 10.1. The lowest BCUT2D eigenvalue weighted by Gasteiger charge is -2.20. The lowest BCUT2D eigenvalue weighted by Crippen LogP contribution is -2.22. The van der Waals surface area contributed by atoms with Gasteiger partial charge in [0.05, 0.1) is 20.4 Å². The van der Waals surface area contributed by atoms with Crippen molar-refractivity contribution in [2.75, 3.05) is 5.32 Å². The molecule has 0 spiro atoms. The van der Waals surface area contributed by atoms with Gasteiger partial charge in [-0.15, -0.1) is 0 Å². The number of nitrogens with one attached hydrogen (secondary N) is 1. The van der Waals surface area contributed by atoms with E-state index >= 15 is 0 Å². The molecular weight excluding hydrogens is 667 g/mol. The van der Waals surface area contributed by atoms with E-state index in [0.29, 0.717) is 9.26 Å². The Morgan fingerprint density at radius 3 is 2.28 bits per heavy atom. The van der Waals surface area contributed by atoms with Gasteiger partial charge in [0.25, 0.3) is 0 Å². The van der Waals surface area contributed by atoms with E-state index < -0.39 is 11.9 Å². The van der Waals surface area contributed by atoms with Crippen molar-refractivity contribution in [1.29, 1.82) is 0 Å². The monoisotopic (exact) mass is 687 g/mol. The first-order valence-electron chi connectivity index (χ1n) is 7.85. The van der Waals surface area contributed by atoms with Crippen LogP contribution in [0.4, 0.5) is 5.69 Å². The summed E-state index contributed by atoms with van der Waals surface area (Å²) in [7, 11) is 0. The molecule has 1 aromatic rings. The Morgan fingerprint density at radius 1 is 1.12 bits per heavy atom. The third-order valence-electron chi connectivity index (χ3n) is 3.64. The van der Waals surface area contributed by atoms with Crippen LogP contribution in [0.2, 0.25) is 0 Å². The van der Waals surface area contributed by atoms with Crippen molar-refractivity contribution in [3.63, 3.8) is 0 Å². The van der Waals surface area contributed by atoms with E-state index in [-0.39, 0.29) is 20.9 Å². The zero-order valence-electron chi connectivity index (χ0n) is 13.7. The molecule has 1 aromatic carbocycles. The van der Waals surface area contributed by atoms with Gasteiger partial charge in [0, 0.05) is 3.57 Å². The molecule has 1 atom stereocenters. The Bertz CT molecular complexity index is 624. The fraction of sp³-hybridized carbons (Fsp3) is 0.500. The number of benzene rings is 1. The van der Waals surface area contributed by atoms with Crippen LogP contribution in [0, 0.1) is 7.14 Å². The molecule has 6 nitrogen and oxygen atoms in total. The topological polar surface area (TPSA) is 95.9 Å². The molecule has 0 aromatic heterocycles. The van der Waals surface area contributed by atoms with E-state index in [2.05, 4.69) is 12.2 Å². The van der Waals surface area contributed by atoms with Crippen LogP contribution in [0.25, 0.3) is 0 Å². The summed E-state index contributed by atoms with van der Waals surface area (Å²) in [5, 5.41) is 21.9. The summed E-state index contributed by atoms with van der Waals surface area (Å²) in [6.07, 6.45) is 6.12. The average molecular weight is 687 g/mol. The van der Waals surface area contributed by atoms with Gasteiger partial charge in [-0.25, -0.2) is 9.59 Å². The summed E-state index contributed by atoms with van der Waals surface area (Å²) < 4.78 is 6.10. The predicted octanol–water partition coefficient (Wildman–Crippen LogP) is 5.76. The first-order valence-corrected chi connectivity index (χ1v) is 10.9. The number of hydrogen-bond donors (Lipinski definition) is 3. The fourth-order valence-electron chi connectivity index (χ4n) is 2.33. The number of carbonyl (C=O) groups is 2. The van der Waals surface area contributed by atoms with E-state index in [4.69, 9.17) is 3.07 Å². The molecule has 1 unspecified atom stereocenters. The van der Waals surface area contributed by atoms with E-state index in [1.165, 1.54) is 25.3 Å². The van der Waals surface area contributed by atoms with Gasteiger partial charge in [-0.2, -0.15) is 0 Å². The quantitative estimate of drug-likeness (QED) is 0.156. The molecule has 0 aliphatic rings. The Balaban J connectivity index is 2.98. The molecule has 3 N–H and O–H groups in total. The first-order chi connectivity index (χ1) is 11.8. The van der Waals surface area contributed by atoms with Crippen LogP contribution in [-0.4, -0.2) is 28.4 Å². The molecule has 0 bridgehead atoms. The highest BCUT2D eigenvalue weighted by Gasteiger charge is 2.24. The first kappa shape index (κ1) is 23.1. The van der Waals surface area contributed by atoms with Crippen LogP contribution < -0.4 is 5.32 Å². The van der Waals surface area contributed by atoms with Crippen LogP contribution in [0.5, 0.6) is 0 Å². The number of anilines is 1. The van der Waals surface area contributed by atoms with Crippen molar-refractivity contribution in [3.05, 3.63) is 24.3 Å². The molecule has 9 heteroatoms. The summed E-state index contributed by atoms with van der Waals surface area (Å²) in [6.45, 7) is 2.16. The van der Waals surface area contributed by atoms with Crippen LogP contribution in [-0.2, 0) is 3.07 Å². The molecule has 0 fully saturated rings. The lowest BCUT2D eigenvalue weighted by molar-refractivity contribution is 0.0694. The molecule has 140 valence electrons. The minimum atomic E-state index is -1.15. The average Bonchev–Trinajstić information content (AvgIpc) is 2.54. The number of rotatable bonds is 11. The SMILES string of the molecule is CCCCCCCC(Nc1cc(C(=O)O)c(I)c(C(=O)O)c1I)OI. The van der Waals surface area contributed by atoms with E-state index in [1.807, 2.05) is 45.6 Å². The zero-order valence-corrected chi connectivity index (χ0v) is 20.1. The highest BCUT2D eigenvalue weighted by atomic mass is 127. The van der Waals surface area contributed by atoms with Gasteiger partial charge in [-0.3, -0.25) is 3.07 Å². The zero-order chi connectivity index (χ0) is 19.0. The molecule has 0 aliphatic carbocycles. The second kappa shape index (κ2) is 11.7. The van der Waals surface area contributed by atoms with Gasteiger partial charge >= 0.3 is 11.9 Å². The van der Waals surface area contributed by atoms with Gasteiger partial charge in [-0.05, 0) is 64.1 Å². The normalized spacial score (nSPS) is 12.0. The van der Waals surface area contributed by atoms with Crippen LogP contribution in [0.15, 0.2) is 6.07 Å². The molecule has 0 saturated carbocycles. The van der Waals surface area contributed by atoms with Gasteiger partial charge in [0.15, 0.2) is 0 Å². The predicted molar refractivity (Wildman–Crippen MR) is 122 cm³/mol. The molecule has 0 aliphatic heterocycles. The largest absolute Gasteiger partial charge is 0.478 e. The van der Waals surface area contributed by atoms with Crippen LogP contribution in [0.3, 0.4) is 0 Å². The van der Waals surface area contributed by atoms with Gasteiger partial charge in [-0.1, -0.05) is 32.6 Å². The number of unbranched alkanes of at least 4 members (excludes halogenated alkanes) is 4. The van der Waals surface area contributed by atoms with E-state index in [9.17, 15) is 19.8 Å².